The number of esters is 1. The zero-order chi connectivity index (χ0) is 17.1. The van der Waals surface area contributed by atoms with E-state index in [1.807, 2.05) is 0 Å². The van der Waals surface area contributed by atoms with Crippen LogP contribution in [0.15, 0.2) is 24.3 Å². The number of nitro groups is 1. The Morgan fingerprint density at radius 3 is 2.13 bits per heavy atom. The zero-order valence-corrected chi connectivity index (χ0v) is 14.8. The number of nitrogens with zero attached hydrogens (tertiary/aromatic N) is 1. The summed E-state index contributed by atoms with van der Waals surface area (Å²) in [6, 6.07) is 5.52. The molecule has 0 spiro atoms. The fourth-order valence-electron chi connectivity index (χ4n) is 2.06. The van der Waals surface area contributed by atoms with Gasteiger partial charge in [0.2, 0.25) is 0 Å². The molecule has 0 atom stereocenters. The van der Waals surface area contributed by atoms with Gasteiger partial charge in [-0.25, -0.2) is 4.79 Å². The molecule has 0 aliphatic heterocycles. The van der Waals surface area contributed by atoms with E-state index in [4.69, 9.17) is 4.74 Å². The Morgan fingerprint density at radius 1 is 1.09 bits per heavy atom. The van der Waals surface area contributed by atoms with Crippen molar-refractivity contribution in [1.29, 1.82) is 0 Å². The highest BCUT2D eigenvalue weighted by molar-refractivity contribution is 7.96. The minimum atomic E-state index is -0.484. The van der Waals surface area contributed by atoms with Gasteiger partial charge in [0.1, 0.15) is 23.9 Å². The highest BCUT2D eigenvalue weighted by Gasteiger charge is 2.18. The second kappa shape index (κ2) is 11.0. The third-order valence-electron chi connectivity index (χ3n) is 3.49. The van der Waals surface area contributed by atoms with Crippen molar-refractivity contribution in [2.75, 3.05) is 23.9 Å². The van der Waals surface area contributed by atoms with E-state index in [0.29, 0.717) is 23.1 Å². The normalized spacial score (nSPS) is 10.7. The average Bonchev–Trinajstić information content (AvgIpc) is 2.56. The maximum absolute atomic E-state index is 11.9. The molecule has 0 N–H and O–H groups in total. The first-order chi connectivity index (χ1) is 11.1. The maximum Gasteiger partial charge on any atom is 0.338 e. The predicted molar refractivity (Wildman–Crippen MR) is 95.2 cm³/mol. The summed E-state index contributed by atoms with van der Waals surface area (Å²) in [6.07, 6.45) is 4.84. The Kier molecular flexibility index (Phi) is 9.36. The summed E-state index contributed by atoms with van der Waals surface area (Å²) in [5.41, 5.74) is 0.333. The molecular weight excluding hydrogens is 314 g/mol. The third-order valence-corrected chi connectivity index (χ3v) is 5.97. The summed E-state index contributed by atoms with van der Waals surface area (Å²) in [5.74, 6) is 2.94. The Labute approximate surface area is 140 Å². The monoisotopic (exact) mass is 340 g/mol. The minimum absolute atomic E-state index is 0.0257. The Bertz CT molecular complexity index is 482. The van der Waals surface area contributed by atoms with Crippen LogP contribution in [0.3, 0.4) is 0 Å². The summed E-state index contributed by atoms with van der Waals surface area (Å²) in [7, 11) is 0.327. The first-order valence-electron chi connectivity index (χ1n) is 8.14. The van der Waals surface area contributed by atoms with Gasteiger partial charge >= 0.3 is 5.97 Å². The van der Waals surface area contributed by atoms with Crippen molar-refractivity contribution < 1.29 is 14.5 Å². The van der Waals surface area contributed by atoms with E-state index in [1.165, 1.54) is 61.5 Å². The lowest BCUT2D eigenvalue weighted by molar-refractivity contribution is -0.384. The van der Waals surface area contributed by atoms with Gasteiger partial charge in [-0.2, -0.15) is 0 Å². The molecule has 1 aromatic carbocycles. The van der Waals surface area contributed by atoms with E-state index in [-0.39, 0.29) is 5.69 Å². The number of hydrogen-bond acceptors (Lipinski definition) is 4. The van der Waals surface area contributed by atoms with Crippen LogP contribution in [0.2, 0.25) is 0 Å². The van der Waals surface area contributed by atoms with Gasteiger partial charge in [-0.05, 0) is 35.9 Å². The molecule has 0 fully saturated rings. The molecule has 0 aliphatic carbocycles. The van der Waals surface area contributed by atoms with Gasteiger partial charge in [0.15, 0.2) is 0 Å². The smallest absolute Gasteiger partial charge is 0.338 e. The summed E-state index contributed by atoms with van der Waals surface area (Å²) >= 11 is 0. The van der Waals surface area contributed by atoms with E-state index in [1.54, 1.807) is 0 Å². The van der Waals surface area contributed by atoms with E-state index in [2.05, 4.69) is 13.8 Å². The number of non-ortho nitro benzene ring substituents is 1. The van der Waals surface area contributed by atoms with Gasteiger partial charge in [-0.1, -0.05) is 26.7 Å². The van der Waals surface area contributed by atoms with Crippen molar-refractivity contribution in [2.45, 2.75) is 39.5 Å². The molecule has 0 unspecified atom stereocenters. The van der Waals surface area contributed by atoms with Gasteiger partial charge < -0.3 is 4.74 Å². The van der Waals surface area contributed by atoms with Gasteiger partial charge in [0.25, 0.3) is 5.69 Å². The SMILES string of the molecule is CCCC[S+](CCCC)CCOC(=O)c1ccc([N+](=O)[O-])cc1. The topological polar surface area (TPSA) is 69.4 Å². The average molecular weight is 340 g/mol. The van der Waals surface area contributed by atoms with Crippen molar-refractivity contribution in [1.82, 2.24) is 0 Å². The molecule has 0 saturated heterocycles. The van der Waals surface area contributed by atoms with E-state index >= 15 is 0 Å². The summed E-state index contributed by atoms with van der Waals surface area (Å²) in [5, 5.41) is 10.6. The van der Waals surface area contributed by atoms with Crippen molar-refractivity contribution in [3.63, 3.8) is 0 Å². The molecule has 0 radical (unpaired) electrons. The molecule has 5 nitrogen and oxygen atoms in total. The zero-order valence-electron chi connectivity index (χ0n) is 14.0. The number of nitro benzene ring substituents is 1. The van der Waals surface area contributed by atoms with E-state index in [0.717, 1.165) is 5.75 Å². The van der Waals surface area contributed by atoms with Crippen LogP contribution in [0.1, 0.15) is 49.9 Å². The maximum atomic E-state index is 11.9. The Hall–Kier alpha value is -1.56. The number of rotatable bonds is 11. The van der Waals surface area contributed by atoms with Crippen molar-refractivity contribution >= 4 is 22.6 Å². The molecule has 0 bridgehead atoms. The first kappa shape index (κ1) is 19.5. The first-order valence-corrected chi connectivity index (χ1v) is 9.87. The second-order valence-corrected chi connectivity index (χ2v) is 7.82. The molecule has 128 valence electrons. The van der Waals surface area contributed by atoms with Crippen molar-refractivity contribution in [2.24, 2.45) is 0 Å². The quantitative estimate of drug-likeness (QED) is 0.264. The molecule has 0 aliphatic rings. The highest BCUT2D eigenvalue weighted by Crippen LogP contribution is 2.13. The van der Waals surface area contributed by atoms with Crippen LogP contribution >= 0.6 is 0 Å². The van der Waals surface area contributed by atoms with Gasteiger partial charge in [-0.15, -0.1) is 0 Å². The van der Waals surface area contributed by atoms with Crippen LogP contribution in [0, 0.1) is 10.1 Å². The lowest BCUT2D eigenvalue weighted by atomic mass is 10.2. The van der Waals surface area contributed by atoms with E-state index < -0.39 is 10.9 Å². The predicted octanol–water partition coefficient (Wildman–Crippen LogP) is 3.97. The minimum Gasteiger partial charge on any atom is -0.457 e. The van der Waals surface area contributed by atoms with Crippen LogP contribution in [0.5, 0.6) is 0 Å². The van der Waals surface area contributed by atoms with Crippen molar-refractivity contribution in [3.05, 3.63) is 39.9 Å². The largest absolute Gasteiger partial charge is 0.457 e. The Morgan fingerprint density at radius 2 is 1.65 bits per heavy atom. The summed E-state index contributed by atoms with van der Waals surface area (Å²) in [6.45, 7) is 4.80. The van der Waals surface area contributed by atoms with Gasteiger partial charge in [0.05, 0.1) is 10.5 Å². The Balaban J connectivity index is 2.42. The molecule has 0 aromatic heterocycles. The lowest BCUT2D eigenvalue weighted by Crippen LogP contribution is -2.21. The van der Waals surface area contributed by atoms with Gasteiger partial charge in [-0.3, -0.25) is 10.1 Å². The summed E-state index contributed by atoms with van der Waals surface area (Å²) < 4.78 is 5.32. The molecule has 0 heterocycles. The number of ether oxygens (including phenoxy) is 1. The van der Waals surface area contributed by atoms with Crippen LogP contribution in [0.25, 0.3) is 0 Å². The number of benzene rings is 1. The van der Waals surface area contributed by atoms with Crippen LogP contribution in [-0.4, -0.2) is 34.8 Å². The van der Waals surface area contributed by atoms with Crippen LogP contribution in [0.4, 0.5) is 5.69 Å². The standard InChI is InChI=1S/C17H26NO4S/c1-3-5-12-23(13-6-4-2)14-11-22-17(19)15-7-9-16(10-8-15)18(20)21/h7-10H,3-6,11-14H2,1-2H3/q+1. The summed E-state index contributed by atoms with van der Waals surface area (Å²) in [4.78, 5) is 22.1. The van der Waals surface area contributed by atoms with Crippen LogP contribution in [-0.2, 0) is 15.6 Å². The molecular formula is C17H26NO4S+. The molecule has 23 heavy (non-hydrogen) atoms. The van der Waals surface area contributed by atoms with E-state index in [9.17, 15) is 14.9 Å². The number of hydrogen-bond donors (Lipinski definition) is 0. The fourth-order valence-corrected chi connectivity index (χ4v) is 4.38. The van der Waals surface area contributed by atoms with Crippen LogP contribution < -0.4 is 0 Å². The number of carbonyl (C=O) groups excluding carboxylic acids is 1. The lowest BCUT2D eigenvalue weighted by Gasteiger charge is -2.09. The fraction of sp³-hybridized carbons (Fsp3) is 0.588. The highest BCUT2D eigenvalue weighted by atomic mass is 32.2. The molecule has 6 heteroatoms. The second-order valence-electron chi connectivity index (χ2n) is 5.37. The molecule has 0 saturated carbocycles. The molecule has 1 rings (SSSR count). The molecule has 1 aromatic rings. The molecule has 0 amide bonds. The third kappa shape index (κ3) is 7.50. The number of unbranched alkanes of at least 4 members (excludes halogenated alkanes) is 2. The van der Waals surface area contributed by atoms with Gasteiger partial charge in [0, 0.05) is 12.1 Å². The number of carbonyl (C=O) groups is 1. The van der Waals surface area contributed by atoms with Crippen molar-refractivity contribution in [3.8, 4) is 0 Å².